The summed E-state index contributed by atoms with van der Waals surface area (Å²) in [6.45, 7) is 9.77. The van der Waals surface area contributed by atoms with Crippen molar-refractivity contribution in [2.75, 3.05) is 39.3 Å². The van der Waals surface area contributed by atoms with Gasteiger partial charge in [-0.15, -0.1) is 31.4 Å². The number of piperazine rings is 1. The minimum atomic E-state index is 0. The summed E-state index contributed by atoms with van der Waals surface area (Å²) >= 11 is 0. The molecule has 1 unspecified atom stereocenters. The Morgan fingerprint density at radius 2 is 1.95 bits per heavy atom. The number of nitrogens with zero attached hydrogens (tertiary/aromatic N) is 2. The average Bonchev–Trinajstić information content (AvgIpc) is 2.90. The summed E-state index contributed by atoms with van der Waals surface area (Å²) in [5, 5.41) is 3.40. The molecule has 2 aliphatic heterocycles. The molecule has 1 amide bonds. The van der Waals surface area contributed by atoms with Crippen molar-refractivity contribution >= 4 is 30.7 Å². The first-order valence-corrected chi connectivity index (χ1v) is 6.64. The minimum absolute atomic E-state index is 0. The highest BCUT2D eigenvalue weighted by molar-refractivity contribution is 5.85. The molecule has 0 bridgehead atoms. The van der Waals surface area contributed by atoms with Gasteiger partial charge in [-0.25, -0.2) is 0 Å². The quantitative estimate of drug-likeness (QED) is 0.795. The molecule has 0 spiro atoms. The van der Waals surface area contributed by atoms with Gasteiger partial charge >= 0.3 is 0 Å². The highest BCUT2D eigenvalue weighted by Gasteiger charge is 2.27. The van der Waals surface area contributed by atoms with Crippen molar-refractivity contribution in [2.24, 2.45) is 0 Å². The average molecular weight is 310 g/mol. The molecule has 2 heterocycles. The first-order valence-electron chi connectivity index (χ1n) is 6.64. The van der Waals surface area contributed by atoms with Crippen LogP contribution in [-0.4, -0.2) is 61.0 Å². The van der Waals surface area contributed by atoms with Crippen LogP contribution >= 0.6 is 24.8 Å². The van der Waals surface area contributed by atoms with Crippen molar-refractivity contribution < 1.29 is 4.79 Å². The van der Waals surface area contributed by atoms with Gasteiger partial charge in [0, 0.05) is 45.2 Å². The maximum absolute atomic E-state index is 11.8. The summed E-state index contributed by atoms with van der Waals surface area (Å²) in [6.07, 6.45) is 4.49. The number of allylic oxidation sites excluding steroid dienone is 1. The lowest BCUT2D eigenvalue weighted by Gasteiger charge is -2.37. The van der Waals surface area contributed by atoms with Crippen LogP contribution in [0.25, 0.3) is 0 Å². The molecule has 0 aromatic carbocycles. The summed E-state index contributed by atoms with van der Waals surface area (Å²) < 4.78 is 0. The molecule has 0 radical (unpaired) electrons. The van der Waals surface area contributed by atoms with Gasteiger partial charge in [0.25, 0.3) is 0 Å². The molecule has 0 aromatic rings. The molecule has 0 aromatic heterocycles. The molecule has 2 aliphatic rings. The Labute approximate surface area is 128 Å². The van der Waals surface area contributed by atoms with Crippen molar-refractivity contribution in [3.05, 3.63) is 12.7 Å². The molecule has 4 nitrogen and oxygen atoms in total. The molecule has 2 saturated heterocycles. The van der Waals surface area contributed by atoms with Crippen LogP contribution in [0.2, 0.25) is 0 Å². The normalized spacial score (nSPS) is 23.4. The van der Waals surface area contributed by atoms with E-state index in [4.69, 9.17) is 0 Å². The maximum Gasteiger partial charge on any atom is 0.222 e. The van der Waals surface area contributed by atoms with Crippen LogP contribution in [0, 0.1) is 0 Å². The fourth-order valence-electron chi connectivity index (χ4n) is 2.67. The zero-order valence-electron chi connectivity index (χ0n) is 11.3. The molecular weight excluding hydrogens is 285 g/mol. The third kappa shape index (κ3) is 5.30. The van der Waals surface area contributed by atoms with E-state index in [9.17, 15) is 4.79 Å². The predicted molar refractivity (Wildman–Crippen MR) is 83.4 cm³/mol. The predicted octanol–water partition coefficient (Wildman–Crippen LogP) is 1.30. The SMILES string of the molecule is C=CCCC(=O)N1CCN(C2CCNC2)CC1.Cl.Cl. The van der Waals surface area contributed by atoms with Gasteiger partial charge in [-0.1, -0.05) is 6.08 Å². The van der Waals surface area contributed by atoms with Crippen LogP contribution in [-0.2, 0) is 4.79 Å². The number of amides is 1. The van der Waals surface area contributed by atoms with E-state index in [1.807, 2.05) is 11.0 Å². The molecule has 112 valence electrons. The Morgan fingerprint density at radius 3 is 2.47 bits per heavy atom. The van der Waals surface area contributed by atoms with E-state index in [-0.39, 0.29) is 30.7 Å². The number of halogens is 2. The Hall–Kier alpha value is -0.290. The smallest absolute Gasteiger partial charge is 0.222 e. The van der Waals surface area contributed by atoms with Crippen molar-refractivity contribution in [1.29, 1.82) is 0 Å². The topological polar surface area (TPSA) is 35.6 Å². The molecule has 2 fully saturated rings. The highest BCUT2D eigenvalue weighted by Crippen LogP contribution is 2.12. The number of rotatable bonds is 4. The van der Waals surface area contributed by atoms with Crippen molar-refractivity contribution in [2.45, 2.75) is 25.3 Å². The second-order valence-electron chi connectivity index (χ2n) is 4.89. The van der Waals surface area contributed by atoms with Crippen LogP contribution in [0.4, 0.5) is 0 Å². The molecule has 6 heteroatoms. The fraction of sp³-hybridized carbons (Fsp3) is 0.769. The van der Waals surface area contributed by atoms with Gasteiger partial charge in [0.1, 0.15) is 0 Å². The monoisotopic (exact) mass is 309 g/mol. The molecule has 2 rings (SSSR count). The first-order chi connectivity index (χ1) is 8.31. The Kier molecular flexibility index (Phi) is 9.44. The zero-order chi connectivity index (χ0) is 12.1. The fourth-order valence-corrected chi connectivity index (χ4v) is 2.67. The van der Waals surface area contributed by atoms with E-state index >= 15 is 0 Å². The summed E-state index contributed by atoms with van der Waals surface area (Å²) in [4.78, 5) is 16.4. The third-order valence-electron chi connectivity index (χ3n) is 3.78. The molecule has 0 aliphatic carbocycles. The molecule has 19 heavy (non-hydrogen) atoms. The second kappa shape index (κ2) is 9.59. The van der Waals surface area contributed by atoms with E-state index in [1.54, 1.807) is 0 Å². The summed E-state index contributed by atoms with van der Waals surface area (Å²) in [5.74, 6) is 0.286. The lowest BCUT2D eigenvalue weighted by molar-refractivity contribution is -0.133. The van der Waals surface area contributed by atoms with Gasteiger partial charge in [0.15, 0.2) is 0 Å². The van der Waals surface area contributed by atoms with Crippen LogP contribution < -0.4 is 5.32 Å². The van der Waals surface area contributed by atoms with Crippen molar-refractivity contribution in [1.82, 2.24) is 15.1 Å². The standard InChI is InChI=1S/C13H23N3O.2ClH/c1-2-3-4-13(17)16-9-7-15(8-10-16)12-5-6-14-11-12;;/h2,12,14H,1,3-11H2;2*1H. The molecular formula is C13H25Cl2N3O. The Bertz CT molecular complexity index is 275. The maximum atomic E-state index is 11.8. The Morgan fingerprint density at radius 1 is 1.26 bits per heavy atom. The van der Waals surface area contributed by atoms with Gasteiger partial charge in [-0.3, -0.25) is 9.69 Å². The zero-order valence-corrected chi connectivity index (χ0v) is 13.0. The third-order valence-corrected chi connectivity index (χ3v) is 3.78. The van der Waals surface area contributed by atoms with Gasteiger partial charge < -0.3 is 10.2 Å². The van der Waals surface area contributed by atoms with Gasteiger partial charge in [-0.2, -0.15) is 0 Å². The number of hydrogen-bond acceptors (Lipinski definition) is 3. The van der Waals surface area contributed by atoms with E-state index in [1.165, 1.54) is 6.42 Å². The lowest BCUT2D eigenvalue weighted by atomic mass is 10.1. The van der Waals surface area contributed by atoms with E-state index < -0.39 is 0 Å². The molecule has 1 atom stereocenters. The number of nitrogens with one attached hydrogen (secondary N) is 1. The number of hydrogen-bond donors (Lipinski definition) is 1. The summed E-state index contributed by atoms with van der Waals surface area (Å²) in [5.41, 5.74) is 0. The van der Waals surface area contributed by atoms with Gasteiger partial charge in [-0.05, 0) is 19.4 Å². The van der Waals surface area contributed by atoms with Crippen LogP contribution in [0.3, 0.4) is 0 Å². The van der Waals surface area contributed by atoms with Crippen molar-refractivity contribution in [3.63, 3.8) is 0 Å². The van der Waals surface area contributed by atoms with Crippen LogP contribution in [0.15, 0.2) is 12.7 Å². The van der Waals surface area contributed by atoms with Crippen LogP contribution in [0.1, 0.15) is 19.3 Å². The lowest BCUT2D eigenvalue weighted by Crippen LogP contribution is -2.52. The van der Waals surface area contributed by atoms with Gasteiger partial charge in [0.2, 0.25) is 5.91 Å². The van der Waals surface area contributed by atoms with Crippen LogP contribution in [0.5, 0.6) is 0 Å². The number of carbonyl (C=O) groups is 1. The van der Waals surface area contributed by atoms with E-state index in [2.05, 4.69) is 16.8 Å². The molecule has 1 N–H and O–H groups in total. The largest absolute Gasteiger partial charge is 0.340 e. The van der Waals surface area contributed by atoms with E-state index in [0.717, 1.165) is 45.7 Å². The number of carbonyl (C=O) groups excluding carboxylic acids is 1. The van der Waals surface area contributed by atoms with E-state index in [0.29, 0.717) is 12.5 Å². The van der Waals surface area contributed by atoms with Crippen molar-refractivity contribution in [3.8, 4) is 0 Å². The molecule has 0 saturated carbocycles. The first kappa shape index (κ1) is 18.7. The minimum Gasteiger partial charge on any atom is -0.340 e. The highest BCUT2D eigenvalue weighted by atomic mass is 35.5. The van der Waals surface area contributed by atoms with Gasteiger partial charge in [0.05, 0.1) is 0 Å². The summed E-state index contributed by atoms with van der Waals surface area (Å²) in [6, 6.07) is 0.695. The second-order valence-corrected chi connectivity index (χ2v) is 4.89. The Balaban J connectivity index is 0.00000162. The summed E-state index contributed by atoms with van der Waals surface area (Å²) in [7, 11) is 0.